The minimum absolute atomic E-state index is 0.0732. The van der Waals surface area contributed by atoms with Crippen LogP contribution in [0.4, 0.5) is 10.8 Å². The molecule has 0 spiro atoms. The van der Waals surface area contributed by atoms with Crippen molar-refractivity contribution in [2.75, 3.05) is 29.3 Å². The predicted octanol–water partition coefficient (Wildman–Crippen LogP) is 4.56. The van der Waals surface area contributed by atoms with Crippen LogP contribution in [0, 0.1) is 0 Å². The van der Waals surface area contributed by atoms with Gasteiger partial charge >= 0.3 is 0 Å². The zero-order chi connectivity index (χ0) is 25.4. The van der Waals surface area contributed by atoms with Crippen LogP contribution in [0.3, 0.4) is 0 Å². The van der Waals surface area contributed by atoms with E-state index in [2.05, 4.69) is 33.4 Å². The summed E-state index contributed by atoms with van der Waals surface area (Å²) in [7, 11) is -3.60. The first kappa shape index (κ1) is 23.8. The monoisotopic (exact) mass is 530 g/mol. The van der Waals surface area contributed by atoms with Crippen molar-refractivity contribution in [2.24, 2.45) is 0 Å². The average Bonchev–Trinajstić information content (AvgIpc) is 3.56. The minimum Gasteiger partial charge on any atom is -0.301 e. The summed E-state index contributed by atoms with van der Waals surface area (Å²) in [4.78, 5) is 19.8. The van der Waals surface area contributed by atoms with Gasteiger partial charge in [0.25, 0.3) is 10.0 Å². The number of fused-ring (bicyclic) bond motifs is 2. The van der Waals surface area contributed by atoms with E-state index in [9.17, 15) is 13.2 Å². The number of carbonyl (C=O) groups is 1. The highest BCUT2D eigenvalue weighted by atomic mass is 32.2. The Bertz CT molecular complexity index is 1570. The molecule has 3 heterocycles. The molecule has 9 heteroatoms. The number of nitrogens with zero attached hydrogens (tertiary/aromatic N) is 3. The lowest BCUT2D eigenvalue weighted by molar-refractivity contribution is -0.117. The van der Waals surface area contributed by atoms with Gasteiger partial charge in [-0.3, -0.25) is 14.0 Å². The van der Waals surface area contributed by atoms with E-state index in [4.69, 9.17) is 0 Å². The van der Waals surface area contributed by atoms with Crippen LogP contribution in [0.2, 0.25) is 0 Å². The molecule has 0 fully saturated rings. The van der Waals surface area contributed by atoms with Gasteiger partial charge in [0.15, 0.2) is 5.13 Å². The number of thiazole rings is 1. The van der Waals surface area contributed by atoms with Crippen LogP contribution in [-0.2, 0) is 34.2 Å². The maximum Gasteiger partial charge on any atom is 0.264 e. The van der Waals surface area contributed by atoms with Gasteiger partial charge in [-0.1, -0.05) is 48.5 Å². The van der Waals surface area contributed by atoms with Gasteiger partial charge in [0.1, 0.15) is 0 Å². The number of rotatable bonds is 6. The van der Waals surface area contributed by atoms with Crippen molar-refractivity contribution in [3.05, 3.63) is 94.9 Å². The van der Waals surface area contributed by atoms with Crippen molar-refractivity contribution in [1.29, 1.82) is 0 Å². The largest absolute Gasteiger partial charge is 0.301 e. The van der Waals surface area contributed by atoms with Crippen LogP contribution in [0.1, 0.15) is 16.7 Å². The van der Waals surface area contributed by atoms with Gasteiger partial charge in [-0.2, -0.15) is 0 Å². The number of carbonyl (C=O) groups excluding carboxylic acids is 1. The number of aromatic nitrogens is 1. The van der Waals surface area contributed by atoms with E-state index in [1.54, 1.807) is 30.3 Å². The first-order valence-corrected chi connectivity index (χ1v) is 14.5. The summed E-state index contributed by atoms with van der Waals surface area (Å²) in [6.07, 6.45) is 1.59. The zero-order valence-corrected chi connectivity index (χ0v) is 21.8. The SMILES string of the molecule is O=C(CN1CCc2ccccc2C1)Nc1nc(-c2ccc3c(c2)CCN3S(=O)(=O)c2ccccc2)cs1. The topological polar surface area (TPSA) is 82.6 Å². The molecule has 7 nitrogen and oxygen atoms in total. The van der Waals surface area contributed by atoms with E-state index in [1.165, 1.54) is 26.8 Å². The van der Waals surface area contributed by atoms with Gasteiger partial charge in [-0.15, -0.1) is 11.3 Å². The quantitative estimate of drug-likeness (QED) is 0.395. The van der Waals surface area contributed by atoms with Gasteiger partial charge in [0.05, 0.1) is 22.8 Å². The normalized spacial score (nSPS) is 15.3. The number of anilines is 2. The molecule has 4 aromatic rings. The van der Waals surface area contributed by atoms with E-state index >= 15 is 0 Å². The first-order valence-electron chi connectivity index (χ1n) is 12.2. The highest BCUT2D eigenvalue weighted by molar-refractivity contribution is 7.92. The smallest absolute Gasteiger partial charge is 0.264 e. The van der Waals surface area contributed by atoms with Crippen LogP contribution >= 0.6 is 11.3 Å². The molecule has 0 radical (unpaired) electrons. The van der Waals surface area contributed by atoms with Gasteiger partial charge in [0, 0.05) is 30.6 Å². The van der Waals surface area contributed by atoms with Crippen LogP contribution < -0.4 is 9.62 Å². The number of hydrogen-bond acceptors (Lipinski definition) is 6. The van der Waals surface area contributed by atoms with Crippen molar-refractivity contribution in [3.8, 4) is 11.3 Å². The fourth-order valence-electron chi connectivity index (χ4n) is 5.01. The second kappa shape index (κ2) is 9.74. The molecule has 37 heavy (non-hydrogen) atoms. The highest BCUT2D eigenvalue weighted by Crippen LogP contribution is 2.36. The molecule has 1 aromatic heterocycles. The maximum atomic E-state index is 13.1. The third-order valence-corrected chi connectivity index (χ3v) is 9.47. The zero-order valence-electron chi connectivity index (χ0n) is 20.1. The fourth-order valence-corrected chi connectivity index (χ4v) is 7.28. The van der Waals surface area contributed by atoms with Gasteiger partial charge in [0.2, 0.25) is 5.91 Å². The van der Waals surface area contributed by atoms with Crippen molar-refractivity contribution in [1.82, 2.24) is 9.88 Å². The summed E-state index contributed by atoms with van der Waals surface area (Å²) >= 11 is 1.39. The van der Waals surface area contributed by atoms with Crippen LogP contribution in [0.25, 0.3) is 11.3 Å². The molecule has 0 aliphatic carbocycles. The summed E-state index contributed by atoms with van der Waals surface area (Å²) in [5.41, 5.74) is 5.99. The molecule has 188 valence electrons. The van der Waals surface area contributed by atoms with Gasteiger partial charge in [-0.05, 0) is 53.8 Å². The third kappa shape index (κ3) is 4.77. The van der Waals surface area contributed by atoms with E-state index < -0.39 is 10.0 Å². The molecular weight excluding hydrogens is 504 g/mol. The molecule has 0 bridgehead atoms. The minimum atomic E-state index is -3.60. The fraction of sp³-hybridized carbons (Fsp3) is 0.214. The number of amides is 1. The Kier molecular flexibility index (Phi) is 6.27. The molecular formula is C28H26N4O3S2. The molecule has 0 saturated carbocycles. The van der Waals surface area contributed by atoms with E-state index in [1.807, 2.05) is 29.6 Å². The van der Waals surface area contributed by atoms with E-state index in [0.29, 0.717) is 35.2 Å². The average molecular weight is 531 g/mol. The summed E-state index contributed by atoms with van der Waals surface area (Å²) in [5.74, 6) is -0.0732. The molecule has 0 saturated heterocycles. The third-order valence-electron chi connectivity index (χ3n) is 6.89. The Morgan fingerprint density at radius 2 is 1.68 bits per heavy atom. The Morgan fingerprint density at radius 3 is 2.51 bits per heavy atom. The molecule has 0 atom stereocenters. The van der Waals surface area contributed by atoms with Crippen LogP contribution in [0.5, 0.6) is 0 Å². The Hall–Kier alpha value is -3.53. The molecule has 2 aliphatic heterocycles. The maximum absolute atomic E-state index is 13.1. The Morgan fingerprint density at radius 1 is 0.919 bits per heavy atom. The summed E-state index contributed by atoms with van der Waals surface area (Å²) < 4.78 is 27.7. The predicted molar refractivity (Wildman–Crippen MR) is 146 cm³/mol. The van der Waals surface area contributed by atoms with Crippen molar-refractivity contribution in [2.45, 2.75) is 24.3 Å². The summed E-state index contributed by atoms with van der Waals surface area (Å²) in [6, 6.07) is 22.6. The second-order valence-corrected chi connectivity index (χ2v) is 12.0. The van der Waals surface area contributed by atoms with Crippen molar-refractivity contribution >= 4 is 38.1 Å². The standard InChI is InChI=1S/C28H26N4O3S2/c33-27(18-31-14-12-20-6-4-5-7-23(20)17-31)30-28-29-25(19-36-28)21-10-11-26-22(16-21)13-15-32(26)37(34,35)24-8-2-1-3-9-24/h1-11,16,19H,12-15,17-18H2,(H,29,30,33). The van der Waals surface area contributed by atoms with E-state index in [0.717, 1.165) is 36.3 Å². The number of benzene rings is 3. The summed E-state index contributed by atoms with van der Waals surface area (Å²) in [6.45, 7) is 2.38. The molecule has 2 aliphatic rings. The molecule has 0 unspecified atom stereocenters. The van der Waals surface area contributed by atoms with Crippen molar-refractivity contribution in [3.63, 3.8) is 0 Å². The highest BCUT2D eigenvalue weighted by Gasteiger charge is 2.31. The molecule has 6 rings (SSSR count). The first-order chi connectivity index (χ1) is 18.0. The van der Waals surface area contributed by atoms with Crippen molar-refractivity contribution < 1.29 is 13.2 Å². The number of nitrogens with one attached hydrogen (secondary N) is 1. The Labute approximate surface area is 220 Å². The van der Waals surface area contributed by atoms with Crippen LogP contribution in [-0.4, -0.2) is 43.8 Å². The lowest BCUT2D eigenvalue weighted by Gasteiger charge is -2.27. The van der Waals surface area contributed by atoms with Crippen LogP contribution in [0.15, 0.2) is 83.1 Å². The molecule has 3 aromatic carbocycles. The molecule has 1 amide bonds. The lowest BCUT2D eigenvalue weighted by atomic mass is 10.00. The molecule has 1 N–H and O–H groups in total. The van der Waals surface area contributed by atoms with E-state index in [-0.39, 0.29) is 5.91 Å². The number of sulfonamides is 1. The second-order valence-electron chi connectivity index (χ2n) is 9.30. The lowest BCUT2D eigenvalue weighted by Crippen LogP contribution is -2.37. The Balaban J connectivity index is 1.12. The number of hydrogen-bond donors (Lipinski definition) is 1. The summed E-state index contributed by atoms with van der Waals surface area (Å²) in [5, 5.41) is 5.42. The van der Waals surface area contributed by atoms with Gasteiger partial charge in [-0.25, -0.2) is 13.4 Å². The van der Waals surface area contributed by atoms with Gasteiger partial charge < -0.3 is 5.32 Å².